The van der Waals surface area contributed by atoms with Gasteiger partial charge in [0.05, 0.1) is 17.1 Å². The van der Waals surface area contributed by atoms with E-state index in [1.807, 2.05) is 32.0 Å². The van der Waals surface area contributed by atoms with Crippen LogP contribution in [0.1, 0.15) is 154 Å². The summed E-state index contributed by atoms with van der Waals surface area (Å²) in [7, 11) is 0. The maximum atomic E-state index is 14.4. The molecule has 0 aliphatic carbocycles. The molecule has 0 bridgehead atoms. The topological polar surface area (TPSA) is 248 Å². The molecule has 5 rings (SSSR count). The van der Waals surface area contributed by atoms with E-state index in [0.29, 0.717) is 89.8 Å². The monoisotopic (exact) mass is 949 g/mol. The van der Waals surface area contributed by atoms with E-state index in [1.54, 1.807) is 4.90 Å². The summed E-state index contributed by atoms with van der Waals surface area (Å²) in [4.78, 5) is 85.0. The summed E-state index contributed by atoms with van der Waals surface area (Å²) in [5.74, 6) is -0.384. The van der Waals surface area contributed by atoms with Gasteiger partial charge in [0.15, 0.2) is 17.6 Å². The predicted molar refractivity (Wildman–Crippen MR) is 276 cm³/mol. The number of nitrogen functional groups attached to an aromatic ring is 1. The molecule has 376 valence electrons. The lowest BCUT2D eigenvalue weighted by atomic mass is 9.81. The van der Waals surface area contributed by atoms with Crippen molar-refractivity contribution in [3.05, 3.63) is 65.5 Å². The molecule has 1 aliphatic heterocycles. The number of nitrogens with two attached hydrogens (primary N) is 4. The molecule has 2 amide bonds. The number of hydrogen-bond donors (Lipinski definition) is 5. The van der Waals surface area contributed by atoms with Crippen molar-refractivity contribution in [1.29, 1.82) is 0 Å². The molecular weight excluding hydrogens is 869 g/mol. The number of unbranched alkanes of at least 4 members (excludes halogenated alkanes) is 4. The van der Waals surface area contributed by atoms with Gasteiger partial charge in [-0.05, 0) is 100 Å². The number of guanidine groups is 1. The van der Waals surface area contributed by atoms with Gasteiger partial charge in [-0.1, -0.05) is 89.4 Å². The molecule has 69 heavy (non-hydrogen) atoms. The van der Waals surface area contributed by atoms with Gasteiger partial charge in [-0.15, -0.1) is 0 Å². The second-order valence-electron chi connectivity index (χ2n) is 19.6. The van der Waals surface area contributed by atoms with E-state index >= 15 is 0 Å². The second kappa shape index (κ2) is 27.5. The number of nitrogens with one attached hydrogen (secondary N) is 1. The number of anilines is 1. The third-order valence-electron chi connectivity index (χ3n) is 13.5. The molecule has 4 unspecified atom stereocenters. The Morgan fingerprint density at radius 2 is 1.55 bits per heavy atom. The Balaban J connectivity index is 1.27. The number of aryl methyl sites for hydroxylation is 2. The van der Waals surface area contributed by atoms with Crippen molar-refractivity contribution < 1.29 is 24.0 Å². The number of carbonyl (C=O) groups is 5. The van der Waals surface area contributed by atoms with Gasteiger partial charge >= 0.3 is 0 Å². The highest BCUT2D eigenvalue weighted by Crippen LogP contribution is 2.31. The van der Waals surface area contributed by atoms with Crippen LogP contribution in [0, 0.1) is 17.8 Å². The number of fused-ring (bicyclic) bond motifs is 3. The van der Waals surface area contributed by atoms with Crippen molar-refractivity contribution in [2.24, 2.45) is 39.9 Å². The van der Waals surface area contributed by atoms with E-state index < -0.39 is 23.9 Å². The van der Waals surface area contributed by atoms with Crippen LogP contribution < -0.4 is 28.3 Å². The predicted octanol–water partition coefficient (Wildman–Crippen LogP) is 7.49. The van der Waals surface area contributed by atoms with E-state index in [4.69, 9.17) is 27.9 Å². The number of pyridine rings is 1. The fourth-order valence-corrected chi connectivity index (χ4v) is 9.79. The zero-order chi connectivity index (χ0) is 49.9. The minimum atomic E-state index is -0.734. The van der Waals surface area contributed by atoms with Crippen LogP contribution in [0.3, 0.4) is 0 Å². The lowest BCUT2D eigenvalue weighted by Gasteiger charge is -2.30. The minimum Gasteiger partial charge on any atom is -0.382 e. The number of carbonyl (C=O) groups excluding carboxylic acids is 5. The van der Waals surface area contributed by atoms with Gasteiger partial charge in [-0.2, -0.15) is 0 Å². The first-order valence-electron chi connectivity index (χ1n) is 25.8. The number of Topliss-reactive ketones (excluding diaryl/α,β-unsaturated/α-hetero) is 3. The number of benzene rings is 2. The van der Waals surface area contributed by atoms with E-state index in [2.05, 4.69) is 64.0 Å². The number of ketones is 3. The molecule has 4 aromatic rings. The van der Waals surface area contributed by atoms with Crippen molar-refractivity contribution in [2.45, 2.75) is 168 Å². The minimum absolute atomic E-state index is 0.0105. The zero-order valence-electron chi connectivity index (χ0n) is 41.9. The number of nitrogens with zero attached hydrogens (tertiary/aromatic N) is 5. The van der Waals surface area contributed by atoms with Crippen LogP contribution in [-0.2, 0) is 43.4 Å². The smallest absolute Gasteiger partial charge is 0.245 e. The van der Waals surface area contributed by atoms with E-state index in [-0.39, 0.29) is 60.3 Å². The van der Waals surface area contributed by atoms with Crippen LogP contribution in [0.15, 0.2) is 53.5 Å². The standard InChI is InChI=1S/C54H80N10O5/c1-5-7-9-22-49(68)60-43(19-12-13-29-55)53(69)63-31-15-20-44(63)47(67)34-40(32-36(3)4)46(66)33-39(16-14-30-59-54(57)58)45(65)28-27-37-23-25-38(26-24-37)35-64-48(21-8-6-2)62-50-51(64)41-17-10-11-18-42(41)61-52(50)56/h10-11,17-18,23-26,36,39-40,43-44H,5-9,12-16,19-22,27-35,55H2,1-4H3,(H2,56,61)(H,60,68)(H4,57,58,59). The van der Waals surface area contributed by atoms with E-state index in [0.717, 1.165) is 83.8 Å². The Kier molecular flexibility index (Phi) is 21.6. The first kappa shape index (κ1) is 54.2. The van der Waals surface area contributed by atoms with Crippen molar-refractivity contribution in [1.82, 2.24) is 24.8 Å². The van der Waals surface area contributed by atoms with Gasteiger partial charge in [0.2, 0.25) is 11.8 Å². The number of likely N-dealkylation sites (tertiary alicyclic amines) is 1. The summed E-state index contributed by atoms with van der Waals surface area (Å²) in [6, 6.07) is 14.9. The summed E-state index contributed by atoms with van der Waals surface area (Å²) in [5, 5.41) is 3.97. The number of rotatable bonds is 31. The molecule has 2 aromatic carbocycles. The van der Waals surface area contributed by atoms with Crippen LogP contribution in [0.5, 0.6) is 0 Å². The normalized spacial score (nSPS) is 15.1. The van der Waals surface area contributed by atoms with Crippen molar-refractivity contribution in [3.8, 4) is 0 Å². The third kappa shape index (κ3) is 15.9. The molecule has 0 radical (unpaired) electrons. The number of aliphatic imine (C=N–C) groups is 1. The molecule has 1 fully saturated rings. The molecule has 4 atom stereocenters. The van der Waals surface area contributed by atoms with Crippen LogP contribution in [-0.4, -0.2) is 86.3 Å². The SMILES string of the molecule is CCCCCC(=O)NC(CCCCN)C(=O)N1CCCC1C(=O)CC(CC(C)C)C(=O)CC(CCCN=C(N)N)C(=O)CCc1ccc(Cn2c(CCCC)nc3c(N)nc4ccccc4c32)cc1. The quantitative estimate of drug-likeness (QED) is 0.0188. The summed E-state index contributed by atoms with van der Waals surface area (Å²) >= 11 is 0. The van der Waals surface area contributed by atoms with Gasteiger partial charge in [0.25, 0.3) is 0 Å². The number of aromatic nitrogens is 3. The summed E-state index contributed by atoms with van der Waals surface area (Å²) in [6.45, 7) is 10.1. The molecule has 2 aromatic heterocycles. The average Bonchev–Trinajstić information content (AvgIpc) is 3.97. The van der Waals surface area contributed by atoms with Crippen molar-refractivity contribution in [2.75, 3.05) is 25.4 Å². The Labute approximate surface area is 409 Å². The van der Waals surface area contributed by atoms with Crippen molar-refractivity contribution >= 4 is 62.9 Å². The molecule has 15 nitrogen and oxygen atoms in total. The Morgan fingerprint density at radius 3 is 2.26 bits per heavy atom. The zero-order valence-corrected chi connectivity index (χ0v) is 41.9. The summed E-state index contributed by atoms with van der Waals surface area (Å²) < 4.78 is 2.26. The van der Waals surface area contributed by atoms with Gasteiger partial charge in [-0.25, -0.2) is 9.97 Å². The lowest BCUT2D eigenvalue weighted by molar-refractivity contribution is -0.142. The Morgan fingerprint density at radius 1 is 0.812 bits per heavy atom. The lowest BCUT2D eigenvalue weighted by Crippen LogP contribution is -2.52. The van der Waals surface area contributed by atoms with E-state index in [9.17, 15) is 24.0 Å². The van der Waals surface area contributed by atoms with E-state index in [1.165, 1.54) is 0 Å². The van der Waals surface area contributed by atoms with Crippen molar-refractivity contribution in [3.63, 3.8) is 0 Å². The molecule has 0 saturated carbocycles. The number of amides is 2. The average molecular weight is 949 g/mol. The second-order valence-corrected chi connectivity index (χ2v) is 19.6. The fourth-order valence-electron chi connectivity index (χ4n) is 9.79. The van der Waals surface area contributed by atoms with Gasteiger partial charge in [-0.3, -0.25) is 29.0 Å². The maximum absolute atomic E-state index is 14.4. The van der Waals surface area contributed by atoms with Crippen LogP contribution in [0.2, 0.25) is 0 Å². The third-order valence-corrected chi connectivity index (χ3v) is 13.5. The largest absolute Gasteiger partial charge is 0.382 e. The molecule has 0 spiro atoms. The number of imidazole rings is 1. The fraction of sp³-hybridized carbons (Fsp3) is 0.593. The van der Waals surface area contributed by atoms with Crippen LogP contribution in [0.4, 0.5) is 5.82 Å². The highest BCUT2D eigenvalue weighted by Gasteiger charge is 2.39. The van der Waals surface area contributed by atoms with Gasteiger partial charge in [0, 0.05) is 69.0 Å². The number of para-hydroxylation sites is 1. The first-order valence-corrected chi connectivity index (χ1v) is 25.8. The highest BCUT2D eigenvalue weighted by molar-refractivity contribution is 6.06. The summed E-state index contributed by atoms with van der Waals surface area (Å²) in [6.07, 6.45) is 11.1. The maximum Gasteiger partial charge on any atom is 0.245 e. The van der Waals surface area contributed by atoms with Crippen LogP contribution in [0.25, 0.3) is 21.9 Å². The molecule has 3 heterocycles. The highest BCUT2D eigenvalue weighted by atomic mass is 16.2. The van der Waals surface area contributed by atoms with Crippen LogP contribution >= 0.6 is 0 Å². The van der Waals surface area contributed by atoms with Gasteiger partial charge in [0.1, 0.15) is 28.9 Å². The first-order chi connectivity index (χ1) is 33.2. The Hall–Kier alpha value is -5.70. The summed E-state index contributed by atoms with van der Waals surface area (Å²) in [5.41, 5.74) is 28.0. The van der Waals surface area contributed by atoms with Gasteiger partial charge < -0.3 is 37.7 Å². The molecule has 1 saturated heterocycles. The number of hydrogen-bond acceptors (Lipinski definition) is 10. The molecule has 9 N–H and O–H groups in total. The Bertz CT molecular complexity index is 2350. The molecule has 15 heteroatoms. The molecule has 1 aliphatic rings. The molecular formula is C54H80N10O5.